The molecule has 1 aliphatic rings. The van der Waals surface area contributed by atoms with Gasteiger partial charge in [-0.25, -0.2) is 4.98 Å². The minimum atomic E-state index is -0.713. The van der Waals surface area contributed by atoms with Crippen LogP contribution in [0.15, 0.2) is 53.3 Å². The first-order chi connectivity index (χ1) is 17.1. The van der Waals surface area contributed by atoms with Gasteiger partial charge in [0.25, 0.3) is 0 Å². The first-order valence-corrected chi connectivity index (χ1v) is 13.1. The lowest BCUT2D eigenvalue weighted by Crippen LogP contribution is -2.21. The van der Waals surface area contributed by atoms with Crippen molar-refractivity contribution in [3.8, 4) is 22.4 Å². The van der Waals surface area contributed by atoms with Crippen LogP contribution >= 0.6 is 15.9 Å². The lowest BCUT2D eigenvalue weighted by atomic mass is 9.80. The number of carboxylic acid groups (broad SMARTS) is 1. The van der Waals surface area contributed by atoms with Gasteiger partial charge in [-0.05, 0) is 58.7 Å². The summed E-state index contributed by atoms with van der Waals surface area (Å²) in [5.41, 5.74) is 13.1. The Kier molecular flexibility index (Phi) is 6.32. The molecule has 1 fully saturated rings. The topological polar surface area (TPSA) is 106 Å². The standard InChI is InChI=1S/C28H30BrN5O2/c1-28(2,3)20-11-8-16(9-12-20)22-13-10-19(14-31-22)21-15-32-34-25(30)23(29)24(33-26(21)34)17-4-6-18(7-5-17)27(35)36/h8-15,17-18H,4-7,30H2,1-3H3,(H,35,36)/t17-,18-. The molecule has 186 valence electrons. The van der Waals surface area contributed by atoms with E-state index in [-0.39, 0.29) is 17.3 Å². The number of pyridine rings is 1. The van der Waals surface area contributed by atoms with Crippen LogP contribution in [0.3, 0.4) is 0 Å². The van der Waals surface area contributed by atoms with Crippen molar-refractivity contribution in [1.82, 2.24) is 19.6 Å². The number of nitrogens with two attached hydrogens (primary N) is 1. The summed E-state index contributed by atoms with van der Waals surface area (Å²) < 4.78 is 2.38. The number of benzene rings is 1. The maximum absolute atomic E-state index is 11.4. The largest absolute Gasteiger partial charge is 0.481 e. The lowest BCUT2D eigenvalue weighted by Gasteiger charge is -2.26. The average molecular weight is 548 g/mol. The van der Waals surface area contributed by atoms with E-state index in [4.69, 9.17) is 15.7 Å². The number of nitrogens with zero attached hydrogens (tertiary/aromatic N) is 4. The fourth-order valence-corrected chi connectivity index (χ4v) is 5.55. The van der Waals surface area contributed by atoms with Crippen LogP contribution in [0.2, 0.25) is 0 Å². The molecular weight excluding hydrogens is 518 g/mol. The molecule has 0 aliphatic heterocycles. The molecule has 0 amide bonds. The zero-order valence-corrected chi connectivity index (χ0v) is 22.3. The van der Waals surface area contributed by atoms with Crippen LogP contribution in [0.5, 0.6) is 0 Å². The van der Waals surface area contributed by atoms with Gasteiger partial charge >= 0.3 is 5.97 Å². The van der Waals surface area contributed by atoms with E-state index in [1.165, 1.54) is 5.56 Å². The Morgan fingerprint density at radius 1 is 1.03 bits per heavy atom. The van der Waals surface area contributed by atoms with E-state index in [2.05, 4.69) is 66.1 Å². The second-order valence-corrected chi connectivity index (χ2v) is 11.4. The Hall–Kier alpha value is -3.26. The van der Waals surface area contributed by atoms with Crippen LogP contribution in [-0.2, 0) is 10.2 Å². The molecule has 3 heterocycles. The molecule has 3 aromatic heterocycles. The lowest BCUT2D eigenvalue weighted by molar-refractivity contribution is -0.142. The van der Waals surface area contributed by atoms with E-state index >= 15 is 0 Å². The van der Waals surface area contributed by atoms with Crippen LogP contribution in [0.25, 0.3) is 28.0 Å². The van der Waals surface area contributed by atoms with Crippen LogP contribution in [-0.4, -0.2) is 30.7 Å². The molecule has 0 saturated heterocycles. The van der Waals surface area contributed by atoms with Gasteiger partial charge in [0.05, 0.1) is 28.0 Å². The van der Waals surface area contributed by atoms with E-state index in [1.54, 1.807) is 10.7 Å². The number of nitrogen functional groups attached to an aromatic ring is 1. The van der Waals surface area contributed by atoms with Gasteiger partial charge in [0.2, 0.25) is 0 Å². The van der Waals surface area contributed by atoms with E-state index in [0.29, 0.717) is 24.3 Å². The third-order valence-corrected chi connectivity index (χ3v) is 8.04. The van der Waals surface area contributed by atoms with Gasteiger partial charge in [-0.15, -0.1) is 0 Å². The minimum absolute atomic E-state index is 0.109. The molecule has 4 aromatic rings. The number of carboxylic acids is 1. The van der Waals surface area contributed by atoms with E-state index in [9.17, 15) is 9.90 Å². The van der Waals surface area contributed by atoms with Crippen LogP contribution in [0, 0.1) is 5.92 Å². The van der Waals surface area contributed by atoms with Crippen molar-refractivity contribution < 1.29 is 9.90 Å². The number of anilines is 1. The van der Waals surface area contributed by atoms with E-state index in [0.717, 1.165) is 45.4 Å². The molecule has 3 N–H and O–H groups in total. The highest BCUT2D eigenvalue weighted by Gasteiger charge is 2.30. The van der Waals surface area contributed by atoms with Gasteiger partial charge in [0.1, 0.15) is 5.82 Å². The molecule has 0 atom stereocenters. The number of hydrogen-bond donors (Lipinski definition) is 2. The summed E-state index contributed by atoms with van der Waals surface area (Å²) in [5, 5.41) is 13.8. The second kappa shape index (κ2) is 9.32. The molecule has 8 heteroatoms. The third kappa shape index (κ3) is 4.50. The van der Waals surface area contributed by atoms with Crippen molar-refractivity contribution in [2.45, 2.75) is 57.8 Å². The van der Waals surface area contributed by atoms with Crippen LogP contribution in [0.1, 0.15) is 63.6 Å². The normalized spacial score (nSPS) is 18.4. The fourth-order valence-electron chi connectivity index (χ4n) is 4.97. The highest BCUT2D eigenvalue weighted by atomic mass is 79.9. The molecule has 5 rings (SSSR count). The number of aromatic nitrogens is 4. The smallest absolute Gasteiger partial charge is 0.306 e. The Balaban J connectivity index is 1.46. The van der Waals surface area contributed by atoms with Crippen molar-refractivity contribution in [1.29, 1.82) is 0 Å². The Morgan fingerprint density at radius 2 is 1.69 bits per heavy atom. The molecule has 0 bridgehead atoms. The van der Waals surface area contributed by atoms with E-state index in [1.807, 2.05) is 18.3 Å². The quantitative estimate of drug-likeness (QED) is 0.303. The van der Waals surface area contributed by atoms with Gasteiger partial charge < -0.3 is 10.8 Å². The van der Waals surface area contributed by atoms with Crippen molar-refractivity contribution >= 4 is 33.4 Å². The predicted octanol–water partition coefficient (Wildman–Crippen LogP) is 6.46. The van der Waals surface area contributed by atoms with Gasteiger partial charge in [-0.3, -0.25) is 9.78 Å². The molecule has 1 aromatic carbocycles. The highest BCUT2D eigenvalue weighted by Crippen LogP contribution is 2.40. The summed E-state index contributed by atoms with van der Waals surface area (Å²) in [7, 11) is 0. The number of fused-ring (bicyclic) bond motifs is 1. The maximum Gasteiger partial charge on any atom is 0.306 e. The number of hydrogen-bond acceptors (Lipinski definition) is 5. The molecule has 36 heavy (non-hydrogen) atoms. The van der Waals surface area contributed by atoms with Crippen molar-refractivity contribution in [3.05, 3.63) is 64.5 Å². The van der Waals surface area contributed by atoms with Crippen molar-refractivity contribution in [3.63, 3.8) is 0 Å². The van der Waals surface area contributed by atoms with Crippen LogP contribution in [0.4, 0.5) is 5.82 Å². The zero-order valence-electron chi connectivity index (χ0n) is 20.7. The van der Waals surface area contributed by atoms with Crippen LogP contribution < -0.4 is 5.73 Å². The predicted molar refractivity (Wildman–Crippen MR) is 145 cm³/mol. The summed E-state index contributed by atoms with van der Waals surface area (Å²) in [6.45, 7) is 6.62. The number of aliphatic carboxylic acids is 1. The van der Waals surface area contributed by atoms with E-state index < -0.39 is 5.97 Å². The second-order valence-electron chi connectivity index (χ2n) is 10.6. The molecule has 0 radical (unpaired) electrons. The summed E-state index contributed by atoms with van der Waals surface area (Å²) in [6.07, 6.45) is 6.45. The first kappa shape index (κ1) is 24.4. The summed E-state index contributed by atoms with van der Waals surface area (Å²) in [4.78, 5) is 21.1. The first-order valence-electron chi connectivity index (χ1n) is 12.3. The maximum atomic E-state index is 11.4. The average Bonchev–Trinajstić information content (AvgIpc) is 3.30. The van der Waals surface area contributed by atoms with Crippen molar-refractivity contribution in [2.75, 3.05) is 5.73 Å². The molecule has 1 aliphatic carbocycles. The van der Waals surface area contributed by atoms with Gasteiger partial charge in [0.15, 0.2) is 5.65 Å². The van der Waals surface area contributed by atoms with Crippen molar-refractivity contribution in [2.24, 2.45) is 5.92 Å². The Morgan fingerprint density at radius 3 is 2.28 bits per heavy atom. The van der Waals surface area contributed by atoms with Gasteiger partial charge in [-0.2, -0.15) is 9.61 Å². The fraction of sp³-hybridized carbons (Fsp3) is 0.357. The summed E-state index contributed by atoms with van der Waals surface area (Å²) >= 11 is 3.62. The number of rotatable bonds is 4. The van der Waals surface area contributed by atoms with Gasteiger partial charge in [-0.1, -0.05) is 51.1 Å². The number of halogens is 1. The summed E-state index contributed by atoms with van der Waals surface area (Å²) in [5.74, 6) is -0.345. The number of carbonyl (C=O) groups is 1. The molecule has 1 saturated carbocycles. The Bertz CT molecular complexity index is 1410. The molecule has 7 nitrogen and oxygen atoms in total. The monoisotopic (exact) mass is 547 g/mol. The third-order valence-electron chi connectivity index (χ3n) is 7.23. The SMILES string of the molecule is CC(C)(C)c1ccc(-c2ccc(-c3cnn4c(N)c(Br)c([C@H]5CC[C@H](C(=O)O)CC5)nc34)cn2)cc1. The molecule has 0 spiro atoms. The zero-order chi connectivity index (χ0) is 25.6. The highest BCUT2D eigenvalue weighted by molar-refractivity contribution is 9.10. The molecular formula is C28H30BrN5O2. The van der Waals surface area contributed by atoms with Gasteiger partial charge in [0, 0.05) is 28.8 Å². The minimum Gasteiger partial charge on any atom is -0.481 e. The summed E-state index contributed by atoms with van der Waals surface area (Å²) in [6, 6.07) is 12.6. The molecule has 0 unspecified atom stereocenters. The Labute approximate surface area is 218 Å².